The number of amides is 1. The van der Waals surface area contributed by atoms with Crippen molar-refractivity contribution in [3.63, 3.8) is 0 Å². The van der Waals surface area contributed by atoms with Crippen molar-refractivity contribution in [1.29, 1.82) is 0 Å². The lowest BCUT2D eigenvalue weighted by Crippen LogP contribution is -2.28. The summed E-state index contributed by atoms with van der Waals surface area (Å²) >= 11 is 0. The number of halogens is 4. The lowest BCUT2D eigenvalue weighted by molar-refractivity contribution is -0.138. The quantitative estimate of drug-likeness (QED) is 0.480. The van der Waals surface area contributed by atoms with Crippen LogP contribution in [0, 0.1) is 12.7 Å². The SMILES string of the molecule is COCCNS(=O)(=O)c1ccc(C)c(C(=O)NCc2ccc(F)cc2C(F)(F)F)c1. The summed E-state index contributed by atoms with van der Waals surface area (Å²) in [7, 11) is -2.49. The molecule has 2 rings (SSSR count). The van der Waals surface area contributed by atoms with Crippen LogP contribution in [-0.2, 0) is 27.5 Å². The average Bonchev–Trinajstić information content (AvgIpc) is 2.66. The van der Waals surface area contributed by atoms with Crippen molar-refractivity contribution in [3.8, 4) is 0 Å². The van der Waals surface area contributed by atoms with E-state index in [1.165, 1.54) is 19.2 Å². The summed E-state index contributed by atoms with van der Waals surface area (Å²) in [4.78, 5) is 12.3. The molecule has 2 N–H and O–H groups in total. The van der Waals surface area contributed by atoms with E-state index in [-0.39, 0.29) is 29.2 Å². The van der Waals surface area contributed by atoms with E-state index in [0.29, 0.717) is 11.6 Å². The minimum Gasteiger partial charge on any atom is -0.383 e. The Hall–Kier alpha value is -2.50. The monoisotopic (exact) mass is 448 g/mol. The third kappa shape index (κ3) is 6.00. The van der Waals surface area contributed by atoms with Crippen molar-refractivity contribution < 1.29 is 35.5 Å². The molecule has 2 aromatic carbocycles. The summed E-state index contributed by atoms with van der Waals surface area (Å²) in [5.41, 5.74) is -1.10. The van der Waals surface area contributed by atoms with Crippen molar-refractivity contribution in [2.24, 2.45) is 0 Å². The zero-order valence-corrected chi connectivity index (χ0v) is 17.0. The zero-order chi connectivity index (χ0) is 22.5. The third-order valence-corrected chi connectivity index (χ3v) is 5.64. The summed E-state index contributed by atoms with van der Waals surface area (Å²) in [6.07, 6.45) is -4.79. The smallest absolute Gasteiger partial charge is 0.383 e. The maximum atomic E-state index is 13.2. The molecule has 6 nitrogen and oxygen atoms in total. The molecule has 0 saturated carbocycles. The fraction of sp³-hybridized carbons (Fsp3) is 0.316. The van der Waals surface area contributed by atoms with E-state index in [1.54, 1.807) is 6.92 Å². The molecule has 0 radical (unpaired) electrons. The van der Waals surface area contributed by atoms with E-state index in [2.05, 4.69) is 10.0 Å². The Morgan fingerprint density at radius 2 is 1.83 bits per heavy atom. The number of rotatable bonds is 8. The van der Waals surface area contributed by atoms with Crippen LogP contribution >= 0.6 is 0 Å². The standard InChI is InChI=1S/C19H20F4N2O4S/c1-12-3-6-15(30(27,28)25-7-8-29-2)10-16(12)18(26)24-11-13-4-5-14(20)9-17(13)19(21,22)23/h3-6,9-10,25H,7-8,11H2,1-2H3,(H,24,26). The number of methoxy groups -OCH3 is 1. The van der Waals surface area contributed by atoms with E-state index < -0.39 is 40.0 Å². The van der Waals surface area contributed by atoms with Gasteiger partial charge in [0.05, 0.1) is 17.1 Å². The second-order valence-corrected chi connectivity index (χ2v) is 8.12. The van der Waals surface area contributed by atoms with Crippen LogP contribution in [0.15, 0.2) is 41.3 Å². The van der Waals surface area contributed by atoms with E-state index in [9.17, 15) is 30.8 Å². The Labute approximate surface area is 171 Å². The van der Waals surface area contributed by atoms with Gasteiger partial charge in [0.1, 0.15) is 5.82 Å². The molecule has 11 heteroatoms. The fourth-order valence-corrected chi connectivity index (χ4v) is 3.65. The minimum absolute atomic E-state index is 0.0136. The maximum Gasteiger partial charge on any atom is 0.416 e. The van der Waals surface area contributed by atoms with Crippen molar-refractivity contribution >= 4 is 15.9 Å². The molecule has 0 aliphatic carbocycles. The number of aryl methyl sites for hydroxylation is 1. The van der Waals surface area contributed by atoms with Gasteiger partial charge in [0.2, 0.25) is 10.0 Å². The summed E-state index contributed by atoms with van der Waals surface area (Å²) in [6, 6.07) is 6.01. The molecule has 0 saturated heterocycles. The van der Waals surface area contributed by atoms with Crippen LogP contribution in [0.3, 0.4) is 0 Å². The topological polar surface area (TPSA) is 84.5 Å². The van der Waals surface area contributed by atoms with E-state index in [1.807, 2.05) is 0 Å². The van der Waals surface area contributed by atoms with Gasteiger partial charge in [0, 0.05) is 25.8 Å². The first kappa shape index (κ1) is 23.8. The molecule has 0 atom stereocenters. The first-order valence-electron chi connectivity index (χ1n) is 8.69. The molecular formula is C19H20F4N2O4S. The number of alkyl halides is 3. The van der Waals surface area contributed by atoms with Crippen LogP contribution < -0.4 is 10.0 Å². The number of benzene rings is 2. The number of hydrogen-bond donors (Lipinski definition) is 2. The second-order valence-electron chi connectivity index (χ2n) is 6.35. The van der Waals surface area contributed by atoms with Crippen LogP contribution in [0.4, 0.5) is 17.6 Å². The van der Waals surface area contributed by atoms with Gasteiger partial charge in [0.15, 0.2) is 0 Å². The lowest BCUT2D eigenvalue weighted by atomic mass is 10.1. The van der Waals surface area contributed by atoms with Gasteiger partial charge in [0.25, 0.3) is 5.91 Å². The number of nitrogens with one attached hydrogen (secondary N) is 2. The van der Waals surface area contributed by atoms with Gasteiger partial charge >= 0.3 is 6.18 Å². The van der Waals surface area contributed by atoms with Crippen molar-refractivity contribution in [1.82, 2.24) is 10.0 Å². The molecule has 0 heterocycles. The highest BCUT2D eigenvalue weighted by atomic mass is 32.2. The Balaban J connectivity index is 2.23. The Morgan fingerprint density at radius 3 is 2.47 bits per heavy atom. The minimum atomic E-state index is -4.79. The molecule has 30 heavy (non-hydrogen) atoms. The number of carbonyl (C=O) groups is 1. The average molecular weight is 448 g/mol. The second kappa shape index (κ2) is 9.54. The Bertz CT molecular complexity index is 1020. The Kier molecular flexibility index (Phi) is 7.56. The van der Waals surface area contributed by atoms with Gasteiger partial charge in [-0.25, -0.2) is 17.5 Å². The van der Waals surface area contributed by atoms with Gasteiger partial charge in [-0.3, -0.25) is 4.79 Å². The predicted octanol–water partition coefficient (Wildman–Crippen LogP) is 3.01. The van der Waals surface area contributed by atoms with Crippen molar-refractivity contribution in [3.05, 3.63) is 64.5 Å². The predicted molar refractivity (Wildman–Crippen MR) is 101 cm³/mol. The van der Waals surface area contributed by atoms with Gasteiger partial charge in [-0.2, -0.15) is 13.2 Å². The van der Waals surface area contributed by atoms with Gasteiger partial charge < -0.3 is 10.1 Å². The Morgan fingerprint density at radius 1 is 1.13 bits per heavy atom. The molecule has 0 bridgehead atoms. The molecule has 0 unspecified atom stereocenters. The molecule has 164 valence electrons. The molecule has 0 aromatic heterocycles. The highest BCUT2D eigenvalue weighted by Crippen LogP contribution is 2.32. The summed E-state index contributed by atoms with van der Waals surface area (Å²) < 4.78 is 84.2. The molecule has 0 aliphatic rings. The fourth-order valence-electron chi connectivity index (χ4n) is 2.61. The first-order valence-corrected chi connectivity index (χ1v) is 10.2. The number of carbonyl (C=O) groups excluding carboxylic acids is 1. The highest BCUT2D eigenvalue weighted by Gasteiger charge is 2.33. The highest BCUT2D eigenvalue weighted by molar-refractivity contribution is 7.89. The molecule has 1 amide bonds. The molecule has 2 aromatic rings. The number of hydrogen-bond acceptors (Lipinski definition) is 4. The number of sulfonamides is 1. The molecule has 0 aliphatic heterocycles. The van der Waals surface area contributed by atoms with Crippen molar-refractivity contribution in [2.75, 3.05) is 20.3 Å². The van der Waals surface area contributed by atoms with Crippen LogP contribution in [0.1, 0.15) is 27.0 Å². The molecule has 0 fully saturated rings. The maximum absolute atomic E-state index is 13.2. The summed E-state index contributed by atoms with van der Waals surface area (Å²) in [5, 5.41) is 2.32. The van der Waals surface area contributed by atoms with E-state index in [4.69, 9.17) is 4.74 Å². The largest absolute Gasteiger partial charge is 0.416 e. The van der Waals surface area contributed by atoms with Gasteiger partial charge in [-0.05, 0) is 42.3 Å². The molecular weight excluding hydrogens is 428 g/mol. The van der Waals surface area contributed by atoms with Gasteiger partial charge in [-0.1, -0.05) is 12.1 Å². The van der Waals surface area contributed by atoms with Crippen molar-refractivity contribution in [2.45, 2.75) is 24.5 Å². The van der Waals surface area contributed by atoms with Crippen LogP contribution in [0.5, 0.6) is 0 Å². The first-order chi connectivity index (χ1) is 14.0. The third-order valence-electron chi connectivity index (χ3n) is 4.18. The van der Waals surface area contributed by atoms with Crippen LogP contribution in [0.2, 0.25) is 0 Å². The van der Waals surface area contributed by atoms with Crippen LogP contribution in [0.25, 0.3) is 0 Å². The van der Waals surface area contributed by atoms with Gasteiger partial charge in [-0.15, -0.1) is 0 Å². The zero-order valence-electron chi connectivity index (χ0n) is 16.1. The number of ether oxygens (including phenoxy) is 1. The van der Waals surface area contributed by atoms with E-state index in [0.717, 1.165) is 18.2 Å². The lowest BCUT2D eigenvalue weighted by Gasteiger charge is -2.15. The summed E-state index contributed by atoms with van der Waals surface area (Å²) in [6.45, 7) is 1.22. The molecule has 0 spiro atoms. The normalized spacial score (nSPS) is 12.1. The van der Waals surface area contributed by atoms with Crippen LogP contribution in [-0.4, -0.2) is 34.6 Å². The summed E-state index contributed by atoms with van der Waals surface area (Å²) in [5.74, 6) is -1.81. The van der Waals surface area contributed by atoms with E-state index >= 15 is 0 Å².